The molecule has 0 amide bonds. The Hall–Kier alpha value is -1.34. The summed E-state index contributed by atoms with van der Waals surface area (Å²) in [7, 11) is 1.54. The van der Waals surface area contributed by atoms with Crippen molar-refractivity contribution in [3.8, 4) is 5.88 Å². The van der Waals surface area contributed by atoms with E-state index in [-0.39, 0.29) is 5.95 Å². The molecule has 0 spiro atoms. The molecule has 0 aliphatic heterocycles. The zero-order chi connectivity index (χ0) is 12.3. The molecule has 90 valence electrons. The Balaban J connectivity index is 2.05. The molecule has 0 aromatic carbocycles. The Morgan fingerprint density at radius 3 is 2.94 bits per heavy atom. The summed E-state index contributed by atoms with van der Waals surface area (Å²) in [6, 6.07) is 3.76. The standard InChI is InChI=1S/C10H11BrN4OS/c1-16-9-3-8(14-10(12)15-9)13-4-7-2-6(11)5-17-7/h2-3,5H,4H2,1H3,(H3,12,13,14,15). The maximum absolute atomic E-state index is 5.56. The molecular weight excluding hydrogens is 304 g/mol. The van der Waals surface area contributed by atoms with E-state index >= 15 is 0 Å². The number of nitrogen functional groups attached to an aromatic ring is 1. The number of anilines is 2. The van der Waals surface area contributed by atoms with E-state index in [2.05, 4.69) is 37.3 Å². The number of hydrogen-bond acceptors (Lipinski definition) is 6. The molecule has 0 atom stereocenters. The molecule has 2 aromatic rings. The number of hydrogen-bond donors (Lipinski definition) is 2. The fourth-order valence-electron chi connectivity index (χ4n) is 1.26. The normalized spacial score (nSPS) is 10.2. The van der Waals surface area contributed by atoms with Crippen LogP contribution in [0.4, 0.5) is 11.8 Å². The molecule has 3 N–H and O–H groups in total. The molecule has 0 saturated heterocycles. The molecule has 0 unspecified atom stereocenters. The lowest BCUT2D eigenvalue weighted by molar-refractivity contribution is 0.398. The number of aromatic nitrogens is 2. The van der Waals surface area contributed by atoms with Crippen molar-refractivity contribution >= 4 is 39.0 Å². The van der Waals surface area contributed by atoms with Gasteiger partial charge in [0.05, 0.1) is 13.7 Å². The molecule has 0 radical (unpaired) electrons. The predicted octanol–water partition coefficient (Wildman–Crippen LogP) is 2.50. The molecular formula is C10H11BrN4OS. The van der Waals surface area contributed by atoms with E-state index in [1.807, 2.05) is 5.38 Å². The second-order valence-electron chi connectivity index (χ2n) is 3.24. The van der Waals surface area contributed by atoms with Gasteiger partial charge >= 0.3 is 0 Å². The van der Waals surface area contributed by atoms with Crippen molar-refractivity contribution in [2.24, 2.45) is 0 Å². The van der Waals surface area contributed by atoms with E-state index in [1.54, 1.807) is 24.5 Å². The monoisotopic (exact) mass is 314 g/mol. The summed E-state index contributed by atoms with van der Waals surface area (Å²) < 4.78 is 6.10. The van der Waals surface area contributed by atoms with Crippen molar-refractivity contribution in [3.05, 3.63) is 26.9 Å². The van der Waals surface area contributed by atoms with E-state index in [0.717, 1.165) is 4.47 Å². The summed E-state index contributed by atoms with van der Waals surface area (Å²) in [4.78, 5) is 9.18. The van der Waals surface area contributed by atoms with Crippen LogP contribution in [0.2, 0.25) is 0 Å². The second kappa shape index (κ2) is 5.33. The van der Waals surface area contributed by atoms with Gasteiger partial charge < -0.3 is 15.8 Å². The van der Waals surface area contributed by atoms with Crippen LogP contribution >= 0.6 is 27.3 Å². The highest BCUT2D eigenvalue weighted by Crippen LogP contribution is 2.21. The Bertz CT molecular complexity index is 517. The van der Waals surface area contributed by atoms with Gasteiger partial charge in [0, 0.05) is 20.8 Å². The topological polar surface area (TPSA) is 73.1 Å². The number of nitrogens with one attached hydrogen (secondary N) is 1. The Labute approximate surface area is 111 Å². The number of thiophene rings is 1. The number of ether oxygens (including phenoxy) is 1. The first-order valence-electron chi connectivity index (χ1n) is 4.82. The quantitative estimate of drug-likeness (QED) is 0.907. The molecule has 2 aromatic heterocycles. The number of halogens is 1. The van der Waals surface area contributed by atoms with Crippen molar-refractivity contribution in [1.82, 2.24) is 9.97 Å². The summed E-state index contributed by atoms with van der Waals surface area (Å²) in [6.07, 6.45) is 0. The summed E-state index contributed by atoms with van der Waals surface area (Å²) in [5.74, 6) is 1.30. The molecule has 0 bridgehead atoms. The van der Waals surface area contributed by atoms with E-state index in [0.29, 0.717) is 18.2 Å². The molecule has 2 rings (SSSR count). The summed E-state index contributed by atoms with van der Waals surface area (Å²) in [6.45, 7) is 0.690. The number of nitrogens with two attached hydrogens (primary N) is 1. The number of methoxy groups -OCH3 is 1. The average Bonchev–Trinajstić information content (AvgIpc) is 2.72. The molecule has 2 heterocycles. The van der Waals surface area contributed by atoms with Crippen molar-refractivity contribution in [1.29, 1.82) is 0 Å². The van der Waals surface area contributed by atoms with E-state index in [9.17, 15) is 0 Å². The van der Waals surface area contributed by atoms with Gasteiger partial charge in [-0.2, -0.15) is 9.97 Å². The molecule has 0 aliphatic carbocycles. The smallest absolute Gasteiger partial charge is 0.225 e. The van der Waals surface area contributed by atoms with E-state index in [4.69, 9.17) is 10.5 Å². The molecule has 7 heteroatoms. The fourth-order valence-corrected chi connectivity index (χ4v) is 2.65. The van der Waals surface area contributed by atoms with Gasteiger partial charge in [0.1, 0.15) is 5.82 Å². The van der Waals surface area contributed by atoms with Crippen molar-refractivity contribution in [2.45, 2.75) is 6.54 Å². The van der Waals surface area contributed by atoms with Crippen molar-refractivity contribution < 1.29 is 4.74 Å². The highest BCUT2D eigenvalue weighted by atomic mass is 79.9. The zero-order valence-corrected chi connectivity index (χ0v) is 11.5. The predicted molar refractivity (Wildman–Crippen MR) is 72.3 cm³/mol. The van der Waals surface area contributed by atoms with Crippen LogP contribution in [0.3, 0.4) is 0 Å². The van der Waals surface area contributed by atoms with Gasteiger partial charge in [-0.15, -0.1) is 11.3 Å². The van der Waals surface area contributed by atoms with Crippen LogP contribution in [0.1, 0.15) is 4.88 Å². The summed E-state index contributed by atoms with van der Waals surface area (Å²) in [5, 5.41) is 5.20. The van der Waals surface area contributed by atoms with Crippen LogP contribution in [0.15, 0.2) is 22.0 Å². The first-order chi connectivity index (χ1) is 8.17. The maximum Gasteiger partial charge on any atom is 0.225 e. The average molecular weight is 315 g/mol. The molecule has 0 fully saturated rings. The van der Waals surface area contributed by atoms with Crippen LogP contribution in [-0.4, -0.2) is 17.1 Å². The van der Waals surface area contributed by atoms with Crippen molar-refractivity contribution in [2.75, 3.05) is 18.2 Å². The maximum atomic E-state index is 5.56. The first kappa shape index (κ1) is 12.1. The zero-order valence-electron chi connectivity index (χ0n) is 9.11. The second-order valence-corrected chi connectivity index (χ2v) is 5.15. The first-order valence-corrected chi connectivity index (χ1v) is 6.50. The minimum Gasteiger partial charge on any atom is -0.481 e. The third-order valence-electron chi connectivity index (χ3n) is 1.99. The minimum atomic E-state index is 0.194. The lowest BCUT2D eigenvalue weighted by Crippen LogP contribution is -2.04. The van der Waals surface area contributed by atoms with Gasteiger partial charge in [-0.05, 0) is 22.0 Å². The summed E-state index contributed by atoms with van der Waals surface area (Å²) >= 11 is 5.08. The van der Waals surface area contributed by atoms with Gasteiger partial charge in [-0.1, -0.05) is 0 Å². The van der Waals surface area contributed by atoms with Gasteiger partial charge in [0.2, 0.25) is 11.8 Å². The van der Waals surface area contributed by atoms with E-state index < -0.39 is 0 Å². The minimum absolute atomic E-state index is 0.194. The molecule has 0 saturated carbocycles. The van der Waals surface area contributed by atoms with Crippen LogP contribution in [0.25, 0.3) is 0 Å². The number of nitrogens with zero attached hydrogens (tertiary/aromatic N) is 2. The number of rotatable bonds is 4. The fraction of sp³-hybridized carbons (Fsp3) is 0.200. The lowest BCUT2D eigenvalue weighted by Gasteiger charge is -2.06. The van der Waals surface area contributed by atoms with Crippen LogP contribution in [-0.2, 0) is 6.54 Å². The van der Waals surface area contributed by atoms with E-state index in [1.165, 1.54) is 4.88 Å². The Morgan fingerprint density at radius 2 is 2.29 bits per heavy atom. The third-order valence-corrected chi connectivity index (χ3v) is 3.69. The molecule has 17 heavy (non-hydrogen) atoms. The third kappa shape index (κ3) is 3.31. The van der Waals surface area contributed by atoms with Crippen LogP contribution in [0.5, 0.6) is 5.88 Å². The van der Waals surface area contributed by atoms with Gasteiger partial charge in [0.25, 0.3) is 0 Å². The van der Waals surface area contributed by atoms with Crippen LogP contribution in [0, 0.1) is 0 Å². The highest BCUT2D eigenvalue weighted by molar-refractivity contribution is 9.10. The molecule has 0 aliphatic rings. The summed E-state index contributed by atoms with van der Waals surface area (Å²) in [5.41, 5.74) is 5.56. The van der Waals surface area contributed by atoms with Gasteiger partial charge in [0.15, 0.2) is 0 Å². The van der Waals surface area contributed by atoms with Crippen molar-refractivity contribution in [3.63, 3.8) is 0 Å². The molecule has 5 nitrogen and oxygen atoms in total. The lowest BCUT2D eigenvalue weighted by atomic mass is 10.4. The SMILES string of the molecule is COc1cc(NCc2cc(Br)cs2)nc(N)n1. The largest absolute Gasteiger partial charge is 0.481 e. The van der Waals surface area contributed by atoms with Gasteiger partial charge in [-0.3, -0.25) is 0 Å². The Kier molecular flexibility index (Phi) is 3.80. The van der Waals surface area contributed by atoms with Crippen LogP contribution < -0.4 is 15.8 Å². The van der Waals surface area contributed by atoms with Gasteiger partial charge in [-0.25, -0.2) is 0 Å². The highest BCUT2D eigenvalue weighted by Gasteiger charge is 2.03. The Morgan fingerprint density at radius 1 is 1.47 bits per heavy atom.